The maximum Gasteiger partial charge on any atom is 0.0518 e. The molecule has 0 spiro atoms. The Labute approximate surface area is 88.4 Å². The molecule has 0 heterocycles. The van der Waals surface area contributed by atoms with Crippen molar-refractivity contribution in [2.75, 3.05) is 19.7 Å². The summed E-state index contributed by atoms with van der Waals surface area (Å²) in [4.78, 5) is 0. The van der Waals surface area contributed by atoms with E-state index in [1.54, 1.807) is 0 Å². The third-order valence-electron chi connectivity index (χ3n) is 2.86. The molecule has 1 N–H and O–H groups in total. The van der Waals surface area contributed by atoms with E-state index < -0.39 is 0 Å². The van der Waals surface area contributed by atoms with Crippen LogP contribution in [-0.4, -0.2) is 25.8 Å². The molecule has 2 heteroatoms. The van der Waals surface area contributed by atoms with Crippen LogP contribution in [0.4, 0.5) is 0 Å². The van der Waals surface area contributed by atoms with Crippen molar-refractivity contribution in [1.82, 2.24) is 5.32 Å². The van der Waals surface area contributed by atoms with Gasteiger partial charge in [-0.05, 0) is 58.5 Å². The Bertz CT molecular complexity index is 132. The van der Waals surface area contributed by atoms with Crippen LogP contribution in [0.15, 0.2) is 0 Å². The number of hydrogen-bond donors (Lipinski definition) is 1. The predicted molar refractivity (Wildman–Crippen MR) is 60.5 cm³/mol. The minimum atomic E-state index is 0.387. The molecule has 0 aromatic rings. The van der Waals surface area contributed by atoms with Gasteiger partial charge in [-0.3, -0.25) is 0 Å². The van der Waals surface area contributed by atoms with Crippen LogP contribution in [0.3, 0.4) is 0 Å². The lowest BCUT2D eigenvalue weighted by Crippen LogP contribution is -2.28. The van der Waals surface area contributed by atoms with Gasteiger partial charge in [0.25, 0.3) is 0 Å². The lowest BCUT2D eigenvalue weighted by atomic mass is 9.85. The zero-order valence-electron chi connectivity index (χ0n) is 9.72. The fourth-order valence-electron chi connectivity index (χ4n) is 1.67. The lowest BCUT2D eigenvalue weighted by molar-refractivity contribution is 0.0760. The molecule has 0 amide bonds. The molecular weight excluding hydrogens is 174 g/mol. The van der Waals surface area contributed by atoms with Crippen molar-refractivity contribution in [2.45, 2.75) is 52.1 Å². The van der Waals surface area contributed by atoms with Crippen molar-refractivity contribution in [3.05, 3.63) is 0 Å². The van der Waals surface area contributed by atoms with Gasteiger partial charge < -0.3 is 10.1 Å². The first-order chi connectivity index (χ1) is 6.79. The molecule has 0 aromatic carbocycles. The van der Waals surface area contributed by atoms with Crippen LogP contribution in [-0.2, 0) is 4.74 Å². The Hall–Kier alpha value is -0.0800. The maximum absolute atomic E-state index is 5.47. The van der Waals surface area contributed by atoms with E-state index in [1.807, 2.05) is 0 Å². The van der Waals surface area contributed by atoms with Crippen LogP contribution in [0.5, 0.6) is 0 Å². The monoisotopic (exact) mass is 199 g/mol. The number of rotatable bonds is 8. The molecule has 1 aliphatic carbocycles. The van der Waals surface area contributed by atoms with Crippen molar-refractivity contribution in [2.24, 2.45) is 5.92 Å². The van der Waals surface area contributed by atoms with Crippen LogP contribution in [0.1, 0.15) is 46.0 Å². The van der Waals surface area contributed by atoms with E-state index in [4.69, 9.17) is 4.74 Å². The molecule has 0 aromatic heterocycles. The number of hydrogen-bond acceptors (Lipinski definition) is 2. The second-order valence-corrected chi connectivity index (χ2v) is 4.63. The largest absolute Gasteiger partial charge is 0.379 e. The second-order valence-electron chi connectivity index (χ2n) is 4.63. The molecule has 1 fully saturated rings. The summed E-state index contributed by atoms with van der Waals surface area (Å²) in [5.41, 5.74) is 0. The van der Waals surface area contributed by atoms with Crippen molar-refractivity contribution >= 4 is 0 Å². The standard InChI is InChI=1S/C12H25NO/c1-11(2)14-9-4-3-8-13-10-12-6-5-7-12/h11-13H,3-10H2,1-2H3. The Morgan fingerprint density at radius 3 is 2.64 bits per heavy atom. The quantitative estimate of drug-likeness (QED) is 0.607. The average Bonchev–Trinajstić information content (AvgIpc) is 2.06. The SMILES string of the molecule is CC(C)OCCCCNCC1CCC1. The summed E-state index contributed by atoms with van der Waals surface area (Å²) in [6, 6.07) is 0. The second kappa shape index (κ2) is 7.24. The topological polar surface area (TPSA) is 21.3 Å². The van der Waals surface area contributed by atoms with Crippen molar-refractivity contribution in [1.29, 1.82) is 0 Å². The predicted octanol–water partition coefficient (Wildman–Crippen LogP) is 2.58. The van der Waals surface area contributed by atoms with Crippen LogP contribution >= 0.6 is 0 Å². The fourth-order valence-corrected chi connectivity index (χ4v) is 1.67. The molecular formula is C12H25NO. The molecule has 0 atom stereocenters. The van der Waals surface area contributed by atoms with E-state index in [0.29, 0.717) is 6.10 Å². The van der Waals surface area contributed by atoms with Crippen LogP contribution in [0, 0.1) is 5.92 Å². The molecule has 2 nitrogen and oxygen atoms in total. The summed E-state index contributed by atoms with van der Waals surface area (Å²) in [7, 11) is 0. The normalized spacial score (nSPS) is 17.4. The van der Waals surface area contributed by atoms with E-state index in [0.717, 1.165) is 19.1 Å². The molecule has 1 aliphatic rings. The van der Waals surface area contributed by atoms with Gasteiger partial charge in [0.15, 0.2) is 0 Å². The number of unbranched alkanes of at least 4 members (excludes halogenated alkanes) is 1. The van der Waals surface area contributed by atoms with Gasteiger partial charge in [0.1, 0.15) is 0 Å². The zero-order chi connectivity index (χ0) is 10.2. The summed E-state index contributed by atoms with van der Waals surface area (Å²) in [6.07, 6.45) is 7.18. The lowest BCUT2D eigenvalue weighted by Gasteiger charge is -2.25. The molecule has 14 heavy (non-hydrogen) atoms. The average molecular weight is 199 g/mol. The smallest absolute Gasteiger partial charge is 0.0518 e. The molecule has 0 bridgehead atoms. The Kier molecular flexibility index (Phi) is 6.20. The van der Waals surface area contributed by atoms with Crippen LogP contribution in [0.2, 0.25) is 0 Å². The Balaban J connectivity index is 1.71. The molecule has 0 unspecified atom stereocenters. The van der Waals surface area contributed by atoms with E-state index in [9.17, 15) is 0 Å². The van der Waals surface area contributed by atoms with E-state index >= 15 is 0 Å². The summed E-state index contributed by atoms with van der Waals surface area (Å²) in [5.74, 6) is 0.988. The van der Waals surface area contributed by atoms with Crippen molar-refractivity contribution in [3.63, 3.8) is 0 Å². The van der Waals surface area contributed by atoms with Gasteiger partial charge in [0, 0.05) is 6.61 Å². The van der Waals surface area contributed by atoms with Gasteiger partial charge in [0.05, 0.1) is 6.10 Å². The van der Waals surface area contributed by atoms with Gasteiger partial charge in [-0.25, -0.2) is 0 Å². The highest BCUT2D eigenvalue weighted by Gasteiger charge is 2.15. The molecule has 84 valence electrons. The van der Waals surface area contributed by atoms with E-state index in [1.165, 1.54) is 38.6 Å². The van der Waals surface area contributed by atoms with Gasteiger partial charge in [-0.15, -0.1) is 0 Å². The van der Waals surface area contributed by atoms with Gasteiger partial charge in [-0.2, -0.15) is 0 Å². The molecule has 1 rings (SSSR count). The molecule has 0 aliphatic heterocycles. The van der Waals surface area contributed by atoms with Gasteiger partial charge in [0.2, 0.25) is 0 Å². The molecule has 0 saturated heterocycles. The van der Waals surface area contributed by atoms with Crippen molar-refractivity contribution in [3.8, 4) is 0 Å². The zero-order valence-corrected chi connectivity index (χ0v) is 9.72. The first kappa shape index (κ1) is 12.0. The number of ether oxygens (including phenoxy) is 1. The molecule has 0 radical (unpaired) electrons. The summed E-state index contributed by atoms with van der Waals surface area (Å²) in [5, 5.41) is 3.52. The Morgan fingerprint density at radius 2 is 2.07 bits per heavy atom. The third-order valence-corrected chi connectivity index (χ3v) is 2.86. The highest BCUT2D eigenvalue weighted by atomic mass is 16.5. The first-order valence-corrected chi connectivity index (χ1v) is 6.11. The Morgan fingerprint density at radius 1 is 1.29 bits per heavy atom. The van der Waals surface area contributed by atoms with Crippen LogP contribution < -0.4 is 5.32 Å². The number of nitrogens with one attached hydrogen (secondary N) is 1. The third kappa shape index (κ3) is 5.61. The minimum absolute atomic E-state index is 0.387. The molecule has 1 saturated carbocycles. The van der Waals surface area contributed by atoms with Crippen LogP contribution in [0.25, 0.3) is 0 Å². The highest BCUT2D eigenvalue weighted by Crippen LogP contribution is 2.24. The van der Waals surface area contributed by atoms with Crippen molar-refractivity contribution < 1.29 is 4.74 Å². The highest BCUT2D eigenvalue weighted by molar-refractivity contribution is 4.71. The fraction of sp³-hybridized carbons (Fsp3) is 1.00. The van der Waals surface area contributed by atoms with Gasteiger partial charge in [-0.1, -0.05) is 6.42 Å². The summed E-state index contributed by atoms with van der Waals surface area (Å²) < 4.78 is 5.47. The summed E-state index contributed by atoms with van der Waals surface area (Å²) >= 11 is 0. The minimum Gasteiger partial charge on any atom is -0.379 e. The summed E-state index contributed by atoms with van der Waals surface area (Å²) in [6.45, 7) is 7.51. The first-order valence-electron chi connectivity index (χ1n) is 6.11. The van der Waals surface area contributed by atoms with Gasteiger partial charge >= 0.3 is 0 Å². The van der Waals surface area contributed by atoms with E-state index in [-0.39, 0.29) is 0 Å². The van der Waals surface area contributed by atoms with E-state index in [2.05, 4.69) is 19.2 Å². The maximum atomic E-state index is 5.47.